The molecule has 1 aromatic rings. The smallest absolute Gasteiger partial charge is 0.351 e. The number of hydrogen-bond donors (Lipinski definition) is 1. The molecule has 2 unspecified atom stereocenters. The Morgan fingerprint density at radius 2 is 2.10 bits per heavy atom. The number of carbonyl (C=O) groups excluding carboxylic acids is 2. The third-order valence-corrected chi connectivity index (χ3v) is 3.14. The van der Waals surface area contributed by atoms with Crippen LogP contribution in [0.1, 0.15) is 20.3 Å². The molecule has 0 aliphatic carbocycles. The van der Waals surface area contributed by atoms with Gasteiger partial charge in [0.05, 0.1) is 0 Å². The van der Waals surface area contributed by atoms with Gasteiger partial charge in [-0.15, -0.1) is 0 Å². The van der Waals surface area contributed by atoms with Crippen LogP contribution in [0.2, 0.25) is 0 Å². The van der Waals surface area contributed by atoms with Gasteiger partial charge in [-0.05, 0) is 25.5 Å². The molecule has 2 rings (SSSR count). The van der Waals surface area contributed by atoms with E-state index in [9.17, 15) is 9.59 Å². The van der Waals surface area contributed by atoms with Gasteiger partial charge in [-0.2, -0.15) is 0 Å². The number of rotatable bonds is 5. The molecule has 0 bridgehead atoms. The molecule has 1 aliphatic rings. The van der Waals surface area contributed by atoms with Gasteiger partial charge < -0.3 is 19.5 Å². The van der Waals surface area contributed by atoms with Crippen LogP contribution in [0, 0.1) is 0 Å². The molecule has 0 aromatic heterocycles. The summed E-state index contributed by atoms with van der Waals surface area (Å²) < 4.78 is 15.9. The Bertz CT molecular complexity index is 517. The van der Waals surface area contributed by atoms with Crippen LogP contribution in [-0.4, -0.2) is 37.2 Å². The first kappa shape index (κ1) is 15.2. The molecule has 1 amide bonds. The molecule has 114 valence electrons. The Hall–Kier alpha value is -2.24. The Kier molecular flexibility index (Phi) is 5.03. The minimum Gasteiger partial charge on any atom is -0.485 e. The highest BCUT2D eigenvalue weighted by molar-refractivity contribution is 5.82. The monoisotopic (exact) mass is 293 g/mol. The molecule has 0 fully saturated rings. The lowest BCUT2D eigenvalue weighted by Gasteiger charge is -2.24. The lowest BCUT2D eigenvalue weighted by molar-refractivity contribution is -0.157. The van der Waals surface area contributed by atoms with E-state index >= 15 is 0 Å². The normalized spacial score (nSPS) is 17.7. The second-order valence-corrected chi connectivity index (χ2v) is 4.85. The number of fused-ring (bicyclic) bond motifs is 1. The zero-order valence-electron chi connectivity index (χ0n) is 12.1. The third-order valence-electron chi connectivity index (χ3n) is 3.14. The van der Waals surface area contributed by atoms with Gasteiger partial charge in [0.1, 0.15) is 6.61 Å². The van der Waals surface area contributed by atoms with Crippen molar-refractivity contribution in [2.24, 2.45) is 0 Å². The predicted octanol–water partition coefficient (Wildman–Crippen LogP) is 1.28. The highest BCUT2D eigenvalue weighted by Gasteiger charge is 2.29. The Morgan fingerprint density at radius 3 is 2.81 bits per heavy atom. The van der Waals surface area contributed by atoms with E-state index in [1.54, 1.807) is 18.2 Å². The summed E-state index contributed by atoms with van der Waals surface area (Å²) in [5, 5.41) is 2.72. The van der Waals surface area contributed by atoms with Gasteiger partial charge in [0, 0.05) is 6.04 Å². The number of benzene rings is 1. The van der Waals surface area contributed by atoms with Crippen molar-refractivity contribution in [2.75, 3.05) is 13.2 Å². The topological polar surface area (TPSA) is 73.9 Å². The number of hydrogen-bond acceptors (Lipinski definition) is 5. The summed E-state index contributed by atoms with van der Waals surface area (Å²) in [5.41, 5.74) is 0. The van der Waals surface area contributed by atoms with Crippen molar-refractivity contribution in [3.05, 3.63) is 24.3 Å². The summed E-state index contributed by atoms with van der Waals surface area (Å²) >= 11 is 0. The van der Waals surface area contributed by atoms with Gasteiger partial charge in [-0.1, -0.05) is 19.1 Å². The molecule has 1 heterocycles. The molecule has 21 heavy (non-hydrogen) atoms. The number of para-hydroxylation sites is 2. The summed E-state index contributed by atoms with van der Waals surface area (Å²) in [7, 11) is 0. The van der Waals surface area contributed by atoms with Crippen LogP contribution in [0.4, 0.5) is 0 Å². The molecule has 1 aliphatic heterocycles. The van der Waals surface area contributed by atoms with Crippen molar-refractivity contribution in [1.82, 2.24) is 5.32 Å². The van der Waals surface area contributed by atoms with Crippen LogP contribution in [0.15, 0.2) is 24.3 Å². The van der Waals surface area contributed by atoms with Crippen LogP contribution in [0.5, 0.6) is 11.5 Å². The first-order valence-electron chi connectivity index (χ1n) is 6.94. The zero-order chi connectivity index (χ0) is 15.2. The predicted molar refractivity (Wildman–Crippen MR) is 75.2 cm³/mol. The van der Waals surface area contributed by atoms with Crippen LogP contribution >= 0.6 is 0 Å². The van der Waals surface area contributed by atoms with Crippen molar-refractivity contribution in [2.45, 2.75) is 32.4 Å². The van der Waals surface area contributed by atoms with E-state index in [0.29, 0.717) is 11.5 Å². The van der Waals surface area contributed by atoms with E-state index in [-0.39, 0.29) is 25.2 Å². The molecule has 1 N–H and O–H groups in total. The highest BCUT2D eigenvalue weighted by Crippen LogP contribution is 2.31. The second-order valence-electron chi connectivity index (χ2n) is 4.85. The number of nitrogens with one attached hydrogen (secondary N) is 1. The maximum atomic E-state index is 11.9. The van der Waals surface area contributed by atoms with E-state index in [0.717, 1.165) is 6.42 Å². The van der Waals surface area contributed by atoms with Gasteiger partial charge in [-0.3, -0.25) is 4.79 Å². The van der Waals surface area contributed by atoms with E-state index in [4.69, 9.17) is 14.2 Å². The van der Waals surface area contributed by atoms with Crippen molar-refractivity contribution in [3.63, 3.8) is 0 Å². The molecule has 0 saturated heterocycles. The van der Waals surface area contributed by atoms with Crippen molar-refractivity contribution >= 4 is 11.9 Å². The molecule has 6 nitrogen and oxygen atoms in total. The van der Waals surface area contributed by atoms with Crippen LogP contribution in [-0.2, 0) is 14.3 Å². The van der Waals surface area contributed by atoms with Gasteiger partial charge >= 0.3 is 5.97 Å². The first-order chi connectivity index (χ1) is 10.1. The molecular weight excluding hydrogens is 274 g/mol. The molecule has 0 radical (unpaired) electrons. The van der Waals surface area contributed by atoms with E-state index < -0.39 is 12.1 Å². The summed E-state index contributed by atoms with van der Waals surface area (Å²) in [4.78, 5) is 23.4. The van der Waals surface area contributed by atoms with E-state index in [1.165, 1.54) is 0 Å². The SMILES string of the molecule is CCC(C)NC(=O)COC(=O)C1COc2ccccc2O1. The summed E-state index contributed by atoms with van der Waals surface area (Å²) in [6.07, 6.45) is -0.0351. The Balaban J connectivity index is 1.81. The quantitative estimate of drug-likeness (QED) is 0.828. The maximum Gasteiger partial charge on any atom is 0.351 e. The number of amides is 1. The van der Waals surface area contributed by atoms with Crippen molar-refractivity contribution in [1.29, 1.82) is 0 Å². The largest absolute Gasteiger partial charge is 0.485 e. The second kappa shape index (κ2) is 6.97. The van der Waals surface area contributed by atoms with E-state index in [2.05, 4.69) is 5.32 Å². The van der Waals surface area contributed by atoms with Crippen molar-refractivity contribution < 1.29 is 23.8 Å². The molecule has 0 saturated carbocycles. The van der Waals surface area contributed by atoms with Crippen molar-refractivity contribution in [3.8, 4) is 11.5 Å². The lowest BCUT2D eigenvalue weighted by Crippen LogP contribution is -2.40. The molecule has 1 aromatic carbocycles. The third kappa shape index (κ3) is 4.11. The molecule has 2 atom stereocenters. The van der Waals surface area contributed by atoms with Gasteiger partial charge in [0.2, 0.25) is 6.10 Å². The fourth-order valence-corrected chi connectivity index (χ4v) is 1.78. The fraction of sp³-hybridized carbons (Fsp3) is 0.467. The summed E-state index contributed by atoms with van der Waals surface area (Å²) in [5.74, 6) is 0.157. The van der Waals surface area contributed by atoms with E-state index in [1.807, 2.05) is 19.9 Å². The first-order valence-corrected chi connectivity index (χ1v) is 6.94. The van der Waals surface area contributed by atoms with Gasteiger partial charge in [-0.25, -0.2) is 4.79 Å². The molecule has 0 spiro atoms. The van der Waals surface area contributed by atoms with Crippen LogP contribution < -0.4 is 14.8 Å². The average molecular weight is 293 g/mol. The lowest BCUT2D eigenvalue weighted by atomic mass is 10.2. The molecule has 6 heteroatoms. The van der Waals surface area contributed by atoms with Gasteiger partial charge in [0.15, 0.2) is 18.1 Å². The minimum absolute atomic E-state index is 0.0531. The summed E-state index contributed by atoms with van der Waals surface area (Å²) in [6.45, 7) is 3.60. The standard InChI is InChI=1S/C15H19NO5/c1-3-10(2)16-14(17)9-20-15(18)13-8-19-11-6-4-5-7-12(11)21-13/h4-7,10,13H,3,8-9H2,1-2H3,(H,16,17). The highest BCUT2D eigenvalue weighted by atomic mass is 16.6. The van der Waals surface area contributed by atoms with Crippen LogP contribution in [0.25, 0.3) is 0 Å². The van der Waals surface area contributed by atoms with Crippen LogP contribution in [0.3, 0.4) is 0 Å². The Morgan fingerprint density at radius 1 is 1.38 bits per heavy atom. The maximum absolute atomic E-state index is 11.9. The number of carbonyl (C=O) groups is 2. The summed E-state index contributed by atoms with van der Waals surface area (Å²) in [6, 6.07) is 7.13. The Labute approximate surface area is 123 Å². The average Bonchev–Trinajstić information content (AvgIpc) is 2.51. The minimum atomic E-state index is -0.851. The zero-order valence-corrected chi connectivity index (χ0v) is 12.1. The number of esters is 1. The number of ether oxygens (including phenoxy) is 3. The van der Waals surface area contributed by atoms with Gasteiger partial charge in [0.25, 0.3) is 5.91 Å². The molecular formula is C15H19NO5. The fourth-order valence-electron chi connectivity index (χ4n) is 1.78.